The fourth-order valence-corrected chi connectivity index (χ4v) is 1.28. The quantitative estimate of drug-likeness (QED) is 0.667. The first kappa shape index (κ1) is 8.62. The molecule has 0 aliphatic heterocycles. The second-order valence-corrected chi connectivity index (χ2v) is 2.92. The maximum absolute atomic E-state index is 10.6. The third kappa shape index (κ3) is 1.31. The summed E-state index contributed by atoms with van der Waals surface area (Å²) in [6.45, 7) is 1.86. The third-order valence-corrected chi connectivity index (χ3v) is 2.08. The minimum atomic E-state index is 0.613. The topological polar surface area (TPSA) is 47.8 Å². The lowest BCUT2D eigenvalue weighted by molar-refractivity contribution is 0.112. The summed E-state index contributed by atoms with van der Waals surface area (Å²) in [5.41, 5.74) is 2.36. The van der Waals surface area contributed by atoms with E-state index in [1.165, 1.54) is 0 Å². The second-order valence-electron chi connectivity index (χ2n) is 2.92. The van der Waals surface area contributed by atoms with E-state index in [-0.39, 0.29) is 0 Å². The number of hydrogen-bond acceptors (Lipinski definition) is 3. The van der Waals surface area contributed by atoms with Gasteiger partial charge in [0, 0.05) is 12.4 Å². The first-order valence-electron chi connectivity index (χ1n) is 4.23. The van der Waals surface area contributed by atoms with Crippen LogP contribution in [0.15, 0.2) is 30.7 Å². The lowest BCUT2D eigenvalue weighted by atomic mass is 10.3. The van der Waals surface area contributed by atoms with E-state index in [0.717, 1.165) is 17.7 Å². The highest BCUT2D eigenvalue weighted by Gasteiger charge is 2.05. The Morgan fingerprint density at radius 1 is 1.36 bits per heavy atom. The van der Waals surface area contributed by atoms with Gasteiger partial charge >= 0.3 is 0 Å². The molecule has 0 saturated carbocycles. The Bertz CT molecular complexity index is 448. The summed E-state index contributed by atoms with van der Waals surface area (Å²) in [7, 11) is 0. The Kier molecular flexibility index (Phi) is 2.10. The number of nitrogens with zero attached hydrogens (tertiary/aromatic N) is 3. The van der Waals surface area contributed by atoms with Crippen LogP contribution in [0, 0.1) is 6.92 Å². The molecule has 0 aromatic carbocycles. The summed E-state index contributed by atoms with van der Waals surface area (Å²) in [5.74, 6) is 0. The molecule has 2 aromatic rings. The van der Waals surface area contributed by atoms with Gasteiger partial charge in [0.25, 0.3) is 0 Å². The van der Waals surface area contributed by atoms with E-state index in [2.05, 4.69) is 10.1 Å². The molecule has 0 radical (unpaired) electrons. The van der Waals surface area contributed by atoms with Crippen molar-refractivity contribution in [1.82, 2.24) is 14.8 Å². The van der Waals surface area contributed by atoms with Crippen molar-refractivity contribution in [1.29, 1.82) is 0 Å². The lowest BCUT2D eigenvalue weighted by Gasteiger charge is -2.02. The van der Waals surface area contributed by atoms with Gasteiger partial charge in [-0.2, -0.15) is 5.10 Å². The summed E-state index contributed by atoms with van der Waals surface area (Å²) in [5, 5.41) is 4.11. The number of hydrogen-bond donors (Lipinski definition) is 0. The smallest absolute Gasteiger partial charge is 0.153 e. The van der Waals surface area contributed by atoms with Crippen LogP contribution in [0.1, 0.15) is 16.1 Å². The van der Waals surface area contributed by atoms with E-state index in [1.807, 2.05) is 19.1 Å². The van der Waals surface area contributed by atoms with E-state index in [1.54, 1.807) is 23.3 Å². The Hall–Kier alpha value is -1.97. The van der Waals surface area contributed by atoms with E-state index in [9.17, 15) is 4.79 Å². The normalized spacial score (nSPS) is 10.1. The largest absolute Gasteiger partial charge is 0.298 e. The predicted octanol–water partition coefficient (Wildman–Crippen LogP) is 1.39. The van der Waals surface area contributed by atoms with E-state index in [0.29, 0.717) is 5.56 Å². The van der Waals surface area contributed by atoms with Crippen LogP contribution < -0.4 is 0 Å². The molecular formula is C10H9N3O. The Morgan fingerprint density at radius 2 is 2.07 bits per heavy atom. The van der Waals surface area contributed by atoms with E-state index >= 15 is 0 Å². The molecule has 70 valence electrons. The summed E-state index contributed by atoms with van der Waals surface area (Å²) in [6.07, 6.45) is 5.75. The van der Waals surface area contributed by atoms with Crippen molar-refractivity contribution in [3.8, 4) is 5.69 Å². The monoisotopic (exact) mass is 187 g/mol. The van der Waals surface area contributed by atoms with Crippen LogP contribution in [-0.4, -0.2) is 21.1 Å². The van der Waals surface area contributed by atoms with Crippen molar-refractivity contribution in [3.05, 3.63) is 42.0 Å². The molecule has 0 amide bonds. The number of pyridine rings is 1. The van der Waals surface area contributed by atoms with Gasteiger partial charge in [-0.25, -0.2) is 4.68 Å². The minimum Gasteiger partial charge on any atom is -0.298 e. The van der Waals surface area contributed by atoms with E-state index in [4.69, 9.17) is 0 Å². The van der Waals surface area contributed by atoms with Gasteiger partial charge in [0.1, 0.15) is 0 Å². The molecule has 0 saturated heterocycles. The van der Waals surface area contributed by atoms with Crippen LogP contribution >= 0.6 is 0 Å². The van der Waals surface area contributed by atoms with Crippen molar-refractivity contribution < 1.29 is 4.79 Å². The lowest BCUT2D eigenvalue weighted by Crippen LogP contribution is -1.99. The average molecular weight is 187 g/mol. The summed E-state index contributed by atoms with van der Waals surface area (Å²) in [4.78, 5) is 14.5. The first-order valence-corrected chi connectivity index (χ1v) is 4.23. The van der Waals surface area contributed by atoms with Crippen molar-refractivity contribution in [2.24, 2.45) is 0 Å². The molecule has 4 heteroatoms. The van der Waals surface area contributed by atoms with Crippen LogP contribution in [-0.2, 0) is 0 Å². The third-order valence-electron chi connectivity index (χ3n) is 2.08. The van der Waals surface area contributed by atoms with Crippen LogP contribution in [0.4, 0.5) is 0 Å². The van der Waals surface area contributed by atoms with Gasteiger partial charge in [0.2, 0.25) is 0 Å². The van der Waals surface area contributed by atoms with E-state index < -0.39 is 0 Å². The van der Waals surface area contributed by atoms with Crippen LogP contribution in [0.3, 0.4) is 0 Å². The standard InChI is InChI=1S/C10H9N3O/c1-8-9(7-14)6-12-13(8)10-2-4-11-5-3-10/h2-7H,1H3. The maximum Gasteiger partial charge on any atom is 0.153 e. The number of carbonyl (C=O) groups excluding carboxylic acids is 1. The van der Waals surface area contributed by atoms with Gasteiger partial charge in [-0.3, -0.25) is 9.78 Å². The minimum absolute atomic E-state index is 0.613. The summed E-state index contributed by atoms with van der Waals surface area (Å²) < 4.78 is 1.71. The fraction of sp³-hybridized carbons (Fsp3) is 0.100. The molecule has 0 fully saturated rings. The van der Waals surface area contributed by atoms with Crippen molar-refractivity contribution in [2.45, 2.75) is 6.92 Å². The predicted molar refractivity (Wildman–Crippen MR) is 51.5 cm³/mol. The van der Waals surface area contributed by atoms with Crippen molar-refractivity contribution in [3.63, 3.8) is 0 Å². The molecule has 0 N–H and O–H groups in total. The molecule has 0 spiro atoms. The summed E-state index contributed by atoms with van der Waals surface area (Å²) in [6, 6.07) is 3.68. The number of rotatable bonds is 2. The highest BCUT2D eigenvalue weighted by atomic mass is 16.1. The van der Waals surface area contributed by atoms with Gasteiger partial charge in [0.15, 0.2) is 6.29 Å². The highest BCUT2D eigenvalue weighted by Crippen LogP contribution is 2.11. The Morgan fingerprint density at radius 3 is 2.64 bits per heavy atom. The molecule has 2 rings (SSSR count). The molecular weight excluding hydrogens is 178 g/mol. The van der Waals surface area contributed by atoms with Gasteiger partial charge in [-0.1, -0.05) is 0 Å². The van der Waals surface area contributed by atoms with Crippen LogP contribution in [0.5, 0.6) is 0 Å². The van der Waals surface area contributed by atoms with Gasteiger partial charge < -0.3 is 0 Å². The molecule has 2 heterocycles. The van der Waals surface area contributed by atoms with Gasteiger partial charge in [-0.15, -0.1) is 0 Å². The average Bonchev–Trinajstić information content (AvgIpc) is 2.61. The van der Waals surface area contributed by atoms with Crippen LogP contribution in [0.2, 0.25) is 0 Å². The zero-order valence-corrected chi connectivity index (χ0v) is 7.71. The molecule has 0 unspecified atom stereocenters. The number of aromatic nitrogens is 3. The Labute approximate surface area is 81.2 Å². The molecule has 14 heavy (non-hydrogen) atoms. The zero-order chi connectivity index (χ0) is 9.97. The molecule has 0 atom stereocenters. The highest BCUT2D eigenvalue weighted by molar-refractivity contribution is 5.76. The second kappa shape index (κ2) is 3.41. The Balaban J connectivity index is 2.53. The molecule has 4 nitrogen and oxygen atoms in total. The molecule has 2 aromatic heterocycles. The SMILES string of the molecule is Cc1c(C=O)cnn1-c1ccncc1. The van der Waals surface area contributed by atoms with Crippen LogP contribution in [0.25, 0.3) is 5.69 Å². The van der Waals surface area contributed by atoms with Gasteiger partial charge in [-0.05, 0) is 19.1 Å². The van der Waals surface area contributed by atoms with Gasteiger partial charge in [0.05, 0.1) is 23.1 Å². The molecule has 0 aliphatic carbocycles. The van der Waals surface area contributed by atoms with Crippen molar-refractivity contribution >= 4 is 6.29 Å². The number of aldehydes is 1. The molecule has 0 bridgehead atoms. The first-order chi connectivity index (χ1) is 6.83. The molecule has 0 aliphatic rings. The zero-order valence-electron chi connectivity index (χ0n) is 7.71. The maximum atomic E-state index is 10.6. The number of carbonyl (C=O) groups is 1. The fourth-order valence-electron chi connectivity index (χ4n) is 1.28. The van der Waals surface area contributed by atoms with Crippen molar-refractivity contribution in [2.75, 3.05) is 0 Å². The summed E-state index contributed by atoms with van der Waals surface area (Å²) >= 11 is 0.